The Hall–Kier alpha value is -2.48. The molecule has 0 aliphatic carbocycles. The van der Waals surface area contributed by atoms with Gasteiger partial charge in [-0.25, -0.2) is 0 Å². The molecule has 2 amide bonds. The lowest BCUT2D eigenvalue weighted by Crippen LogP contribution is -2.56. The number of thiophene rings is 2. The zero-order valence-electron chi connectivity index (χ0n) is 18.1. The molecule has 0 bridgehead atoms. The second-order valence-corrected chi connectivity index (χ2v) is 10.3. The van der Waals surface area contributed by atoms with E-state index >= 15 is 0 Å². The molecule has 0 saturated carbocycles. The van der Waals surface area contributed by atoms with Gasteiger partial charge in [-0.3, -0.25) is 14.5 Å². The van der Waals surface area contributed by atoms with Gasteiger partial charge in [0, 0.05) is 37.6 Å². The third-order valence-corrected chi connectivity index (χ3v) is 8.44. The van der Waals surface area contributed by atoms with Gasteiger partial charge in [-0.15, -0.1) is 22.7 Å². The average Bonchev–Trinajstić information content (AvgIpc) is 3.55. The van der Waals surface area contributed by atoms with Crippen LogP contribution in [0.3, 0.4) is 0 Å². The molecule has 2 atom stereocenters. The lowest BCUT2D eigenvalue weighted by molar-refractivity contribution is -0.138. The van der Waals surface area contributed by atoms with Crippen LogP contribution in [-0.4, -0.2) is 65.3 Å². The normalized spacial score (nSPS) is 20.1. The molecule has 1 aromatic carbocycles. The van der Waals surface area contributed by atoms with Crippen molar-refractivity contribution in [2.75, 3.05) is 32.7 Å². The van der Waals surface area contributed by atoms with Crippen molar-refractivity contribution in [2.24, 2.45) is 0 Å². The lowest BCUT2D eigenvalue weighted by atomic mass is 9.92. The van der Waals surface area contributed by atoms with Crippen LogP contribution in [0.5, 0.6) is 0 Å². The van der Waals surface area contributed by atoms with Gasteiger partial charge >= 0.3 is 0 Å². The minimum Gasteiger partial charge on any atom is -0.338 e. The molecule has 4 heterocycles. The highest BCUT2D eigenvalue weighted by atomic mass is 32.1. The summed E-state index contributed by atoms with van der Waals surface area (Å²) in [5.74, 6) is 0.234. The summed E-state index contributed by atoms with van der Waals surface area (Å²) in [6.45, 7) is 5.27. The van der Waals surface area contributed by atoms with Crippen LogP contribution in [0.1, 0.15) is 38.6 Å². The number of hydrogen-bond acceptors (Lipinski definition) is 5. The molecule has 1 fully saturated rings. The number of amides is 2. The fourth-order valence-electron chi connectivity index (χ4n) is 4.85. The van der Waals surface area contributed by atoms with E-state index in [2.05, 4.69) is 40.6 Å². The second-order valence-electron chi connectivity index (χ2n) is 8.37. The van der Waals surface area contributed by atoms with E-state index in [-0.39, 0.29) is 23.9 Å². The number of fused-ring (bicyclic) bond motifs is 1. The average molecular weight is 466 g/mol. The molecule has 0 radical (unpaired) electrons. The number of hydrogen-bond donors (Lipinski definition) is 0. The van der Waals surface area contributed by atoms with Gasteiger partial charge in [0.25, 0.3) is 5.91 Å². The van der Waals surface area contributed by atoms with Gasteiger partial charge in [-0.2, -0.15) is 0 Å². The van der Waals surface area contributed by atoms with Crippen LogP contribution >= 0.6 is 22.7 Å². The Kier molecular flexibility index (Phi) is 6.13. The Morgan fingerprint density at radius 3 is 2.34 bits per heavy atom. The molecule has 2 unspecified atom stereocenters. The fraction of sp³-hybridized carbons (Fsp3) is 0.360. The van der Waals surface area contributed by atoms with Gasteiger partial charge in [-0.1, -0.05) is 36.4 Å². The third-order valence-electron chi connectivity index (χ3n) is 6.58. The van der Waals surface area contributed by atoms with Crippen molar-refractivity contribution in [3.63, 3.8) is 0 Å². The summed E-state index contributed by atoms with van der Waals surface area (Å²) in [4.78, 5) is 34.5. The van der Waals surface area contributed by atoms with Gasteiger partial charge in [-0.05, 0) is 47.4 Å². The smallest absolute Gasteiger partial charge is 0.264 e. The number of carbonyl (C=O) groups is 2. The number of benzene rings is 1. The summed E-state index contributed by atoms with van der Waals surface area (Å²) in [7, 11) is 0. The number of piperazine rings is 1. The maximum atomic E-state index is 13.5. The molecule has 1 saturated heterocycles. The molecule has 2 aromatic heterocycles. The van der Waals surface area contributed by atoms with Crippen molar-refractivity contribution in [2.45, 2.75) is 25.4 Å². The van der Waals surface area contributed by atoms with E-state index in [0.29, 0.717) is 26.2 Å². The van der Waals surface area contributed by atoms with Gasteiger partial charge in [0.05, 0.1) is 17.0 Å². The summed E-state index contributed by atoms with van der Waals surface area (Å²) < 4.78 is 0. The van der Waals surface area contributed by atoms with Gasteiger partial charge < -0.3 is 9.80 Å². The first-order valence-corrected chi connectivity index (χ1v) is 12.9. The molecule has 166 valence electrons. The van der Waals surface area contributed by atoms with Gasteiger partial charge in [0.2, 0.25) is 5.91 Å². The summed E-state index contributed by atoms with van der Waals surface area (Å²) in [6, 6.07) is 16.4. The van der Waals surface area contributed by atoms with Crippen LogP contribution in [0.2, 0.25) is 0 Å². The van der Waals surface area contributed by atoms with Crippen molar-refractivity contribution in [3.8, 4) is 0 Å². The zero-order valence-corrected chi connectivity index (χ0v) is 19.8. The Bertz CT molecular complexity index is 1070. The van der Waals surface area contributed by atoms with Crippen molar-refractivity contribution in [3.05, 3.63) is 80.2 Å². The summed E-state index contributed by atoms with van der Waals surface area (Å²) in [6.07, 6.45) is 0.983. The molecule has 3 aromatic rings. The van der Waals surface area contributed by atoms with Crippen LogP contribution < -0.4 is 0 Å². The maximum absolute atomic E-state index is 13.5. The van der Waals surface area contributed by atoms with E-state index in [9.17, 15) is 9.59 Å². The molecular formula is C25H27N3O2S2. The standard InChI is InChI=1S/C25H27N3O2S2/c1-18(24(29)26-12-14-27(15-13-26)25(30)22-8-5-16-31-22)28-11-9-21-20(10-17-32-21)23(28)19-6-3-2-4-7-19/h2-8,10,16-18,23H,9,11-15H2,1H3. The largest absolute Gasteiger partial charge is 0.338 e. The lowest BCUT2D eigenvalue weighted by Gasteiger charge is -2.42. The molecule has 5 rings (SSSR count). The van der Waals surface area contributed by atoms with Crippen molar-refractivity contribution in [1.82, 2.24) is 14.7 Å². The molecule has 2 aliphatic heterocycles. The van der Waals surface area contributed by atoms with E-state index in [1.807, 2.05) is 51.6 Å². The number of nitrogens with zero attached hydrogens (tertiary/aromatic N) is 3. The first-order chi connectivity index (χ1) is 15.6. The van der Waals surface area contributed by atoms with E-state index in [0.717, 1.165) is 17.8 Å². The molecule has 0 spiro atoms. The zero-order chi connectivity index (χ0) is 22.1. The highest BCUT2D eigenvalue weighted by Gasteiger charge is 2.37. The second kappa shape index (κ2) is 9.17. The third kappa shape index (κ3) is 4.00. The van der Waals surface area contributed by atoms with E-state index in [1.54, 1.807) is 0 Å². The molecule has 32 heavy (non-hydrogen) atoms. The number of rotatable bonds is 4. The number of carbonyl (C=O) groups excluding carboxylic acids is 2. The van der Waals surface area contributed by atoms with Gasteiger partial charge in [0.1, 0.15) is 0 Å². The first kappa shape index (κ1) is 21.4. The molecule has 0 N–H and O–H groups in total. The molecular weight excluding hydrogens is 438 g/mol. The molecule has 2 aliphatic rings. The summed E-state index contributed by atoms with van der Waals surface area (Å²) in [5.41, 5.74) is 2.57. The van der Waals surface area contributed by atoms with E-state index in [4.69, 9.17) is 0 Å². The topological polar surface area (TPSA) is 43.9 Å². The Morgan fingerprint density at radius 1 is 0.875 bits per heavy atom. The molecule has 7 heteroatoms. The van der Waals surface area contributed by atoms with Crippen molar-refractivity contribution < 1.29 is 9.59 Å². The van der Waals surface area contributed by atoms with Crippen LogP contribution in [0.25, 0.3) is 0 Å². The monoisotopic (exact) mass is 465 g/mol. The highest BCUT2D eigenvalue weighted by Crippen LogP contribution is 2.39. The van der Waals surface area contributed by atoms with Crippen molar-refractivity contribution >= 4 is 34.5 Å². The Balaban J connectivity index is 1.30. The van der Waals surface area contributed by atoms with Crippen molar-refractivity contribution in [1.29, 1.82) is 0 Å². The fourth-order valence-corrected chi connectivity index (χ4v) is 6.45. The van der Waals surface area contributed by atoms with E-state index < -0.39 is 0 Å². The predicted molar refractivity (Wildman–Crippen MR) is 129 cm³/mol. The van der Waals surface area contributed by atoms with Crippen LogP contribution in [0.4, 0.5) is 0 Å². The van der Waals surface area contributed by atoms with Gasteiger partial charge in [0.15, 0.2) is 0 Å². The minimum atomic E-state index is -0.215. The van der Waals surface area contributed by atoms with Crippen LogP contribution in [0.15, 0.2) is 59.3 Å². The quantitative estimate of drug-likeness (QED) is 0.582. The first-order valence-electron chi connectivity index (χ1n) is 11.1. The van der Waals surface area contributed by atoms with E-state index in [1.165, 1.54) is 27.3 Å². The van der Waals surface area contributed by atoms with Crippen LogP contribution in [-0.2, 0) is 11.2 Å². The SMILES string of the molecule is CC(C(=O)N1CCN(C(=O)c2cccs2)CC1)N1CCc2sccc2C1c1ccccc1. The predicted octanol–water partition coefficient (Wildman–Crippen LogP) is 4.13. The maximum Gasteiger partial charge on any atom is 0.264 e. The highest BCUT2D eigenvalue weighted by molar-refractivity contribution is 7.12. The molecule has 5 nitrogen and oxygen atoms in total. The summed E-state index contributed by atoms with van der Waals surface area (Å²) >= 11 is 3.29. The Morgan fingerprint density at radius 2 is 1.62 bits per heavy atom. The Labute approximate surface area is 196 Å². The summed E-state index contributed by atoms with van der Waals surface area (Å²) in [5, 5.41) is 4.09. The van der Waals surface area contributed by atoms with Crippen LogP contribution in [0, 0.1) is 0 Å². The minimum absolute atomic E-state index is 0.0744.